The molecule has 0 spiro atoms. The Morgan fingerprint density at radius 1 is 1.32 bits per heavy atom. The van der Waals surface area contributed by atoms with Gasteiger partial charge in [-0.1, -0.05) is 43.0 Å². The quantitative estimate of drug-likeness (QED) is 0.824. The minimum Gasteiger partial charge on any atom is -0.481 e. The van der Waals surface area contributed by atoms with E-state index in [9.17, 15) is 4.79 Å². The van der Waals surface area contributed by atoms with E-state index < -0.39 is 5.97 Å². The molecule has 2 rings (SSSR count). The Morgan fingerprint density at radius 2 is 2.00 bits per heavy atom. The number of imidazole rings is 1. The predicted molar refractivity (Wildman–Crippen MR) is 75.5 cm³/mol. The van der Waals surface area contributed by atoms with Crippen LogP contribution < -0.4 is 0 Å². The first-order valence-electron chi connectivity index (χ1n) is 6.12. The molecule has 1 N–H and O–H groups in total. The van der Waals surface area contributed by atoms with E-state index in [0.29, 0.717) is 6.54 Å². The van der Waals surface area contributed by atoms with Gasteiger partial charge >= 0.3 is 5.97 Å². The number of hydrogen-bond acceptors (Lipinski definition) is 3. The Balaban J connectivity index is 2.05. The van der Waals surface area contributed by atoms with Gasteiger partial charge in [0.2, 0.25) is 0 Å². The minimum absolute atomic E-state index is 0.0335. The molecule has 0 unspecified atom stereocenters. The molecule has 0 saturated heterocycles. The standard InChI is InChI=1S/C14H16N2O2S/c1-2-11-3-5-12(6-4-11)9-16-8-7-15-14(16)19-10-13(17)18/h3-8H,2,9-10H2,1H3,(H,17,18). The van der Waals surface area contributed by atoms with E-state index in [2.05, 4.69) is 36.2 Å². The highest BCUT2D eigenvalue weighted by Crippen LogP contribution is 2.17. The van der Waals surface area contributed by atoms with Gasteiger partial charge in [-0.3, -0.25) is 4.79 Å². The number of aliphatic carboxylic acids is 1. The number of carboxylic acids is 1. The van der Waals surface area contributed by atoms with E-state index in [1.54, 1.807) is 6.20 Å². The first-order chi connectivity index (χ1) is 9.19. The first-order valence-corrected chi connectivity index (χ1v) is 7.11. The van der Waals surface area contributed by atoms with Crippen LogP contribution in [0.15, 0.2) is 41.8 Å². The van der Waals surface area contributed by atoms with E-state index in [-0.39, 0.29) is 5.75 Å². The molecular formula is C14H16N2O2S. The number of carboxylic acid groups (broad SMARTS) is 1. The fourth-order valence-electron chi connectivity index (χ4n) is 1.76. The van der Waals surface area contributed by atoms with Gasteiger partial charge in [0.05, 0.1) is 5.75 Å². The van der Waals surface area contributed by atoms with E-state index in [1.165, 1.54) is 22.9 Å². The fraction of sp³-hybridized carbons (Fsp3) is 0.286. The number of carbonyl (C=O) groups is 1. The molecule has 2 aromatic rings. The van der Waals surface area contributed by atoms with Crippen molar-refractivity contribution in [3.8, 4) is 0 Å². The zero-order chi connectivity index (χ0) is 13.7. The normalized spacial score (nSPS) is 10.6. The van der Waals surface area contributed by atoms with Crippen molar-refractivity contribution in [2.24, 2.45) is 0 Å². The number of thioether (sulfide) groups is 1. The first kappa shape index (κ1) is 13.7. The molecule has 4 nitrogen and oxygen atoms in total. The number of aromatic nitrogens is 2. The molecule has 0 aliphatic rings. The summed E-state index contributed by atoms with van der Waals surface area (Å²) in [5.74, 6) is -0.793. The predicted octanol–water partition coefficient (Wildman–Crippen LogP) is 2.67. The second kappa shape index (κ2) is 6.43. The van der Waals surface area contributed by atoms with E-state index in [0.717, 1.165) is 11.6 Å². The highest BCUT2D eigenvalue weighted by Gasteiger charge is 2.06. The number of aryl methyl sites for hydroxylation is 1. The number of hydrogen-bond donors (Lipinski definition) is 1. The van der Waals surface area contributed by atoms with Crippen molar-refractivity contribution in [2.75, 3.05) is 5.75 Å². The Bertz CT molecular complexity index is 549. The van der Waals surface area contributed by atoms with Gasteiger partial charge in [-0.15, -0.1) is 0 Å². The van der Waals surface area contributed by atoms with Crippen LogP contribution in [0.3, 0.4) is 0 Å². The molecule has 0 fully saturated rings. The monoisotopic (exact) mass is 276 g/mol. The Kier molecular flexibility index (Phi) is 4.63. The Hall–Kier alpha value is -1.75. The van der Waals surface area contributed by atoms with Gasteiger partial charge in [0, 0.05) is 18.9 Å². The van der Waals surface area contributed by atoms with E-state index in [4.69, 9.17) is 5.11 Å². The molecule has 1 aromatic carbocycles. The van der Waals surface area contributed by atoms with E-state index >= 15 is 0 Å². The zero-order valence-corrected chi connectivity index (χ0v) is 11.6. The molecule has 0 saturated carbocycles. The lowest BCUT2D eigenvalue weighted by Gasteiger charge is -2.07. The highest BCUT2D eigenvalue weighted by molar-refractivity contribution is 7.99. The average molecular weight is 276 g/mol. The molecule has 1 aromatic heterocycles. The van der Waals surface area contributed by atoms with Crippen LogP contribution in [0.1, 0.15) is 18.1 Å². The molecule has 0 aliphatic carbocycles. The summed E-state index contributed by atoms with van der Waals surface area (Å²) in [5, 5.41) is 9.43. The Morgan fingerprint density at radius 3 is 2.63 bits per heavy atom. The van der Waals surface area contributed by atoms with Crippen LogP contribution in [-0.2, 0) is 17.8 Å². The molecule has 19 heavy (non-hydrogen) atoms. The maximum Gasteiger partial charge on any atom is 0.313 e. The maximum absolute atomic E-state index is 10.6. The van der Waals surface area contributed by atoms with Gasteiger partial charge in [-0.05, 0) is 17.5 Å². The summed E-state index contributed by atoms with van der Waals surface area (Å²) in [5.41, 5.74) is 2.50. The van der Waals surface area contributed by atoms with Crippen molar-refractivity contribution in [3.63, 3.8) is 0 Å². The van der Waals surface area contributed by atoms with Crippen LogP contribution in [0.2, 0.25) is 0 Å². The Labute approximate surface area is 116 Å². The summed E-state index contributed by atoms with van der Waals surface area (Å²) < 4.78 is 1.97. The fourth-order valence-corrected chi connectivity index (χ4v) is 2.44. The van der Waals surface area contributed by atoms with Crippen LogP contribution >= 0.6 is 11.8 Å². The topological polar surface area (TPSA) is 55.1 Å². The highest BCUT2D eigenvalue weighted by atomic mass is 32.2. The van der Waals surface area contributed by atoms with Crippen molar-refractivity contribution in [2.45, 2.75) is 25.0 Å². The summed E-state index contributed by atoms with van der Waals surface area (Å²) in [6.07, 6.45) is 4.60. The number of rotatable bonds is 6. The molecule has 0 aliphatic heterocycles. The van der Waals surface area contributed by atoms with Crippen molar-refractivity contribution in [1.82, 2.24) is 9.55 Å². The lowest BCUT2D eigenvalue weighted by Crippen LogP contribution is -2.03. The average Bonchev–Trinajstić information content (AvgIpc) is 2.84. The van der Waals surface area contributed by atoms with Crippen LogP contribution in [0.4, 0.5) is 0 Å². The summed E-state index contributed by atoms with van der Waals surface area (Å²) >= 11 is 1.24. The maximum atomic E-state index is 10.6. The lowest BCUT2D eigenvalue weighted by atomic mass is 10.1. The third-order valence-corrected chi connectivity index (χ3v) is 3.78. The van der Waals surface area contributed by atoms with Crippen molar-refractivity contribution >= 4 is 17.7 Å². The van der Waals surface area contributed by atoms with Gasteiger partial charge in [0.25, 0.3) is 0 Å². The van der Waals surface area contributed by atoms with Crippen LogP contribution in [0, 0.1) is 0 Å². The van der Waals surface area contributed by atoms with Crippen LogP contribution in [-0.4, -0.2) is 26.4 Å². The molecule has 100 valence electrons. The third kappa shape index (κ3) is 3.86. The summed E-state index contributed by atoms with van der Waals surface area (Å²) in [6.45, 7) is 2.84. The van der Waals surface area contributed by atoms with Gasteiger partial charge < -0.3 is 9.67 Å². The number of benzene rings is 1. The zero-order valence-electron chi connectivity index (χ0n) is 10.7. The SMILES string of the molecule is CCc1ccc(Cn2ccnc2SCC(=O)O)cc1. The minimum atomic E-state index is -0.827. The number of nitrogens with zero attached hydrogens (tertiary/aromatic N) is 2. The van der Waals surface area contributed by atoms with E-state index in [1.807, 2.05) is 10.8 Å². The molecule has 0 atom stereocenters. The molecule has 1 heterocycles. The summed E-state index contributed by atoms with van der Waals surface area (Å²) in [7, 11) is 0. The van der Waals surface area contributed by atoms with Gasteiger partial charge in [-0.2, -0.15) is 0 Å². The van der Waals surface area contributed by atoms with Gasteiger partial charge in [0.1, 0.15) is 0 Å². The largest absolute Gasteiger partial charge is 0.481 e. The van der Waals surface area contributed by atoms with Crippen molar-refractivity contribution < 1.29 is 9.90 Å². The molecular weight excluding hydrogens is 260 g/mol. The molecule has 5 heteroatoms. The van der Waals surface area contributed by atoms with Crippen LogP contribution in [0.5, 0.6) is 0 Å². The molecule has 0 radical (unpaired) electrons. The smallest absolute Gasteiger partial charge is 0.313 e. The van der Waals surface area contributed by atoms with Crippen molar-refractivity contribution in [1.29, 1.82) is 0 Å². The summed E-state index contributed by atoms with van der Waals surface area (Å²) in [4.78, 5) is 14.8. The van der Waals surface area contributed by atoms with Gasteiger partial charge in [0.15, 0.2) is 5.16 Å². The van der Waals surface area contributed by atoms with Crippen molar-refractivity contribution in [3.05, 3.63) is 47.8 Å². The second-order valence-electron chi connectivity index (χ2n) is 4.19. The van der Waals surface area contributed by atoms with Crippen LogP contribution in [0.25, 0.3) is 0 Å². The molecule has 0 amide bonds. The lowest BCUT2D eigenvalue weighted by molar-refractivity contribution is -0.133. The molecule has 0 bridgehead atoms. The summed E-state index contributed by atoms with van der Waals surface area (Å²) in [6, 6.07) is 8.45. The second-order valence-corrected chi connectivity index (χ2v) is 5.13. The van der Waals surface area contributed by atoms with Gasteiger partial charge in [-0.25, -0.2) is 4.98 Å². The third-order valence-electron chi connectivity index (χ3n) is 2.79.